The van der Waals surface area contributed by atoms with Crippen LogP contribution < -0.4 is 0 Å². The normalized spacial score (nSPS) is 9.86. The minimum atomic E-state index is -0.297. The highest BCUT2D eigenvalue weighted by molar-refractivity contribution is 8.01. The summed E-state index contributed by atoms with van der Waals surface area (Å²) in [7, 11) is 1.34. The van der Waals surface area contributed by atoms with Gasteiger partial charge in [0.25, 0.3) is 0 Å². The van der Waals surface area contributed by atoms with Crippen molar-refractivity contribution >= 4 is 34.9 Å². The summed E-state index contributed by atoms with van der Waals surface area (Å²) in [5, 5.41) is 0. The number of carbonyl (C=O) groups excluding carboxylic acids is 2. The van der Waals surface area contributed by atoms with Crippen LogP contribution in [0.3, 0.4) is 0 Å². The zero-order valence-electron chi connectivity index (χ0n) is 7.77. The van der Waals surface area contributed by atoms with Gasteiger partial charge in [-0.05, 0) is 0 Å². The highest BCUT2D eigenvalue weighted by atomic mass is 32.2. The Morgan fingerprint density at radius 3 is 2.86 bits per heavy atom. The van der Waals surface area contributed by atoms with Crippen LogP contribution in [0.15, 0.2) is 10.5 Å². The number of thioether (sulfide) groups is 1. The summed E-state index contributed by atoms with van der Waals surface area (Å²) in [5.74, 6) is -0.0801. The highest BCUT2D eigenvalue weighted by Gasteiger charge is 2.08. The standard InChI is InChI=1S/C8H9NO3S2/c1-5(10)6-3-9-8(14-6)13-4-7(11)12-2/h3H,4H2,1-2H3. The molecule has 1 rings (SSSR count). The summed E-state index contributed by atoms with van der Waals surface area (Å²) in [4.78, 5) is 26.3. The third-order valence-corrected chi connectivity index (χ3v) is 3.60. The lowest BCUT2D eigenvalue weighted by Gasteiger charge is -1.94. The van der Waals surface area contributed by atoms with Gasteiger partial charge in [-0.1, -0.05) is 11.8 Å². The zero-order chi connectivity index (χ0) is 10.6. The molecule has 0 aromatic carbocycles. The van der Waals surface area contributed by atoms with Gasteiger partial charge in [0.1, 0.15) is 0 Å². The second-order valence-electron chi connectivity index (χ2n) is 2.41. The fourth-order valence-corrected chi connectivity index (χ4v) is 2.38. The topological polar surface area (TPSA) is 56.3 Å². The number of rotatable bonds is 4. The van der Waals surface area contributed by atoms with E-state index in [2.05, 4.69) is 9.72 Å². The SMILES string of the molecule is COC(=O)CSc1ncc(C(C)=O)s1. The fraction of sp³-hybridized carbons (Fsp3) is 0.375. The molecule has 0 aliphatic heterocycles. The summed E-state index contributed by atoms with van der Waals surface area (Å²) in [5.41, 5.74) is 0. The molecule has 0 spiro atoms. The molecule has 76 valence electrons. The summed E-state index contributed by atoms with van der Waals surface area (Å²) in [6, 6.07) is 0. The van der Waals surface area contributed by atoms with Crippen molar-refractivity contribution in [2.75, 3.05) is 12.9 Å². The molecule has 0 aliphatic rings. The fourth-order valence-electron chi connectivity index (χ4n) is 0.667. The molecule has 1 aromatic heterocycles. The molecule has 0 unspecified atom stereocenters. The summed E-state index contributed by atoms with van der Waals surface area (Å²) in [6.07, 6.45) is 1.52. The Hall–Kier alpha value is -0.880. The first kappa shape index (κ1) is 11.2. The van der Waals surface area contributed by atoms with E-state index < -0.39 is 0 Å². The number of hydrogen-bond donors (Lipinski definition) is 0. The van der Waals surface area contributed by atoms with Gasteiger partial charge in [0.15, 0.2) is 10.1 Å². The van der Waals surface area contributed by atoms with Gasteiger partial charge in [-0.2, -0.15) is 0 Å². The first-order valence-electron chi connectivity index (χ1n) is 3.80. The van der Waals surface area contributed by atoms with Gasteiger partial charge in [0.2, 0.25) is 0 Å². The van der Waals surface area contributed by atoms with Crippen molar-refractivity contribution in [1.82, 2.24) is 4.98 Å². The molecule has 0 saturated carbocycles. The molecule has 14 heavy (non-hydrogen) atoms. The smallest absolute Gasteiger partial charge is 0.316 e. The monoisotopic (exact) mass is 231 g/mol. The first-order valence-corrected chi connectivity index (χ1v) is 5.60. The summed E-state index contributed by atoms with van der Waals surface area (Å²) < 4.78 is 5.19. The molecule has 0 bridgehead atoms. The van der Waals surface area contributed by atoms with Crippen LogP contribution >= 0.6 is 23.1 Å². The average molecular weight is 231 g/mol. The van der Waals surface area contributed by atoms with Gasteiger partial charge in [0.05, 0.1) is 23.9 Å². The number of thiazole rings is 1. The second kappa shape index (κ2) is 5.11. The number of methoxy groups -OCH3 is 1. The predicted molar refractivity (Wildman–Crippen MR) is 54.9 cm³/mol. The molecule has 1 aromatic rings. The zero-order valence-corrected chi connectivity index (χ0v) is 9.41. The largest absolute Gasteiger partial charge is 0.468 e. The highest BCUT2D eigenvalue weighted by Crippen LogP contribution is 2.24. The molecule has 0 fully saturated rings. The minimum Gasteiger partial charge on any atom is -0.468 e. The third-order valence-electron chi connectivity index (χ3n) is 1.37. The minimum absolute atomic E-state index is 0.00702. The number of Topliss-reactive ketones (excluding diaryl/α,β-unsaturated/α-hetero) is 1. The molecular weight excluding hydrogens is 222 g/mol. The average Bonchev–Trinajstić information content (AvgIpc) is 2.62. The van der Waals surface area contributed by atoms with E-state index in [4.69, 9.17) is 0 Å². The number of ether oxygens (including phenoxy) is 1. The number of esters is 1. The quantitative estimate of drug-likeness (QED) is 0.447. The van der Waals surface area contributed by atoms with Crippen molar-refractivity contribution < 1.29 is 14.3 Å². The van der Waals surface area contributed by atoms with E-state index >= 15 is 0 Å². The van der Waals surface area contributed by atoms with Crippen molar-refractivity contribution in [2.24, 2.45) is 0 Å². The van der Waals surface area contributed by atoms with Crippen LogP contribution in [0.25, 0.3) is 0 Å². The number of ketones is 1. The van der Waals surface area contributed by atoms with E-state index in [0.717, 1.165) is 0 Å². The van der Waals surface area contributed by atoms with Gasteiger partial charge >= 0.3 is 5.97 Å². The lowest BCUT2D eigenvalue weighted by molar-refractivity contribution is -0.137. The Morgan fingerprint density at radius 1 is 1.64 bits per heavy atom. The van der Waals surface area contributed by atoms with E-state index in [9.17, 15) is 9.59 Å². The van der Waals surface area contributed by atoms with Crippen LogP contribution in [0.2, 0.25) is 0 Å². The molecule has 0 amide bonds. The van der Waals surface area contributed by atoms with Gasteiger partial charge in [-0.25, -0.2) is 4.98 Å². The van der Waals surface area contributed by atoms with E-state index in [1.807, 2.05) is 0 Å². The van der Waals surface area contributed by atoms with Crippen molar-refractivity contribution in [1.29, 1.82) is 0 Å². The Labute approximate surface area is 89.7 Å². The lowest BCUT2D eigenvalue weighted by atomic mass is 10.4. The molecule has 0 radical (unpaired) electrons. The van der Waals surface area contributed by atoms with Gasteiger partial charge in [0, 0.05) is 6.92 Å². The molecule has 0 N–H and O–H groups in total. The molecule has 1 heterocycles. The Balaban J connectivity index is 2.52. The van der Waals surface area contributed by atoms with E-state index in [1.54, 1.807) is 0 Å². The number of nitrogens with zero attached hydrogens (tertiary/aromatic N) is 1. The van der Waals surface area contributed by atoms with E-state index in [-0.39, 0.29) is 17.5 Å². The number of aromatic nitrogens is 1. The van der Waals surface area contributed by atoms with Crippen LogP contribution in [0.5, 0.6) is 0 Å². The number of carbonyl (C=O) groups is 2. The summed E-state index contributed by atoms with van der Waals surface area (Å²) >= 11 is 2.56. The van der Waals surface area contributed by atoms with Gasteiger partial charge in [-0.15, -0.1) is 11.3 Å². The van der Waals surface area contributed by atoms with Crippen molar-refractivity contribution in [3.63, 3.8) is 0 Å². The molecule has 0 aliphatic carbocycles. The Bertz CT molecular complexity index is 348. The number of hydrogen-bond acceptors (Lipinski definition) is 6. The van der Waals surface area contributed by atoms with Crippen molar-refractivity contribution in [3.8, 4) is 0 Å². The second-order valence-corrected chi connectivity index (χ2v) is 4.66. The van der Waals surface area contributed by atoms with Crippen LogP contribution in [0.4, 0.5) is 0 Å². The van der Waals surface area contributed by atoms with Crippen LogP contribution in [0, 0.1) is 0 Å². The lowest BCUT2D eigenvalue weighted by Crippen LogP contribution is -2.02. The van der Waals surface area contributed by atoms with Gasteiger partial charge < -0.3 is 4.74 Å². The van der Waals surface area contributed by atoms with Crippen LogP contribution in [0.1, 0.15) is 16.6 Å². The van der Waals surface area contributed by atoms with Crippen molar-refractivity contribution in [2.45, 2.75) is 11.3 Å². The summed E-state index contributed by atoms with van der Waals surface area (Å²) in [6.45, 7) is 1.49. The Kier molecular flexibility index (Phi) is 4.09. The van der Waals surface area contributed by atoms with Gasteiger partial charge in [-0.3, -0.25) is 9.59 Å². The van der Waals surface area contributed by atoms with E-state index in [1.165, 1.54) is 43.3 Å². The maximum absolute atomic E-state index is 10.9. The van der Waals surface area contributed by atoms with E-state index in [0.29, 0.717) is 9.22 Å². The molecule has 4 nitrogen and oxygen atoms in total. The van der Waals surface area contributed by atoms with Crippen LogP contribution in [-0.4, -0.2) is 29.6 Å². The molecule has 0 atom stereocenters. The molecular formula is C8H9NO3S2. The third kappa shape index (κ3) is 3.12. The Morgan fingerprint density at radius 2 is 2.36 bits per heavy atom. The first-order chi connectivity index (χ1) is 6.63. The molecule has 6 heteroatoms. The maximum atomic E-state index is 10.9. The maximum Gasteiger partial charge on any atom is 0.316 e. The van der Waals surface area contributed by atoms with Crippen molar-refractivity contribution in [3.05, 3.63) is 11.1 Å². The predicted octanol–water partition coefficient (Wildman–Crippen LogP) is 1.61. The van der Waals surface area contributed by atoms with Crippen LogP contribution in [-0.2, 0) is 9.53 Å². The molecule has 0 saturated heterocycles.